The van der Waals surface area contributed by atoms with Gasteiger partial charge in [-0.3, -0.25) is 9.59 Å². The maximum Gasteiger partial charge on any atom is 0.243 e. The van der Waals surface area contributed by atoms with Gasteiger partial charge < -0.3 is 20.1 Å². The summed E-state index contributed by atoms with van der Waals surface area (Å²) >= 11 is 0. The van der Waals surface area contributed by atoms with E-state index >= 15 is 0 Å². The highest BCUT2D eigenvalue weighted by atomic mass is 32.2. The van der Waals surface area contributed by atoms with Gasteiger partial charge in [-0.15, -0.1) is 0 Å². The van der Waals surface area contributed by atoms with Crippen LogP contribution < -0.4 is 20.1 Å². The van der Waals surface area contributed by atoms with Crippen molar-refractivity contribution in [3.05, 3.63) is 66.2 Å². The molecule has 1 atom stereocenters. The van der Waals surface area contributed by atoms with Crippen molar-refractivity contribution in [1.29, 1.82) is 0 Å². The van der Waals surface area contributed by atoms with Crippen molar-refractivity contribution < 1.29 is 27.5 Å². The van der Waals surface area contributed by atoms with Gasteiger partial charge in [0.15, 0.2) is 11.5 Å². The Balaban J connectivity index is 1.41. The fourth-order valence-corrected chi connectivity index (χ4v) is 6.31. The maximum absolute atomic E-state index is 13.3. The Bertz CT molecular complexity index is 1420. The third-order valence-corrected chi connectivity index (χ3v) is 8.66. The summed E-state index contributed by atoms with van der Waals surface area (Å²) in [6, 6.07) is 17.1. The predicted octanol–water partition coefficient (Wildman–Crippen LogP) is 2.87. The molecule has 2 N–H and O–H groups in total. The number of nitrogens with one attached hydrogen (secondary N) is 2. The number of para-hydroxylation sites is 1. The van der Waals surface area contributed by atoms with Crippen molar-refractivity contribution in [2.24, 2.45) is 0 Å². The molecule has 0 spiro atoms. The highest BCUT2D eigenvalue weighted by molar-refractivity contribution is 7.89. The summed E-state index contributed by atoms with van der Waals surface area (Å²) in [6.07, 6.45) is 1.14. The molecule has 1 aliphatic heterocycles. The molecule has 1 heterocycles. The number of hydrogen-bond acceptors (Lipinski definition) is 6. The lowest BCUT2D eigenvalue weighted by Crippen LogP contribution is -2.53. The van der Waals surface area contributed by atoms with E-state index in [-0.39, 0.29) is 42.3 Å². The number of ether oxygens (including phenoxy) is 2. The van der Waals surface area contributed by atoms with Crippen LogP contribution in [0.2, 0.25) is 0 Å². The summed E-state index contributed by atoms with van der Waals surface area (Å²) in [4.78, 5) is 25.3. The van der Waals surface area contributed by atoms with Crippen LogP contribution in [0.1, 0.15) is 25.3 Å². The normalized spacial score (nSPS) is 15.6. The number of carbonyl (C=O) groups is 2. The first kappa shape index (κ1) is 27.4. The minimum Gasteiger partial charge on any atom is -0.493 e. The second-order valence-electron chi connectivity index (χ2n) is 9.31. The molecule has 0 unspecified atom stereocenters. The standard InChI is InChI=1S/C28H33N3O6S/c1-19(32)29-25(18-22-9-6-10-26(36-2)27(22)37-3)28(33)30-23-13-15-31(16-14-23)38(34,35)24-12-11-20-7-4-5-8-21(20)17-24/h4-12,17,23,25H,13-16,18H2,1-3H3,(H,29,32)(H,30,33)/t25-/m0/s1. The number of carbonyl (C=O) groups excluding carboxylic acids is 2. The van der Waals surface area contributed by atoms with Gasteiger partial charge >= 0.3 is 0 Å². The average Bonchev–Trinajstić information content (AvgIpc) is 2.92. The number of amides is 2. The van der Waals surface area contributed by atoms with Crippen molar-refractivity contribution in [3.8, 4) is 11.5 Å². The summed E-state index contributed by atoms with van der Waals surface area (Å²) in [5.74, 6) is 0.376. The number of sulfonamides is 1. The Kier molecular flexibility index (Phi) is 8.53. The first-order chi connectivity index (χ1) is 18.2. The van der Waals surface area contributed by atoms with E-state index in [0.29, 0.717) is 24.3 Å². The second kappa shape index (κ2) is 11.8. The molecule has 1 saturated heterocycles. The van der Waals surface area contributed by atoms with E-state index in [2.05, 4.69) is 10.6 Å². The summed E-state index contributed by atoms with van der Waals surface area (Å²) in [5.41, 5.74) is 0.719. The molecule has 0 aliphatic carbocycles. The van der Waals surface area contributed by atoms with E-state index in [9.17, 15) is 18.0 Å². The van der Waals surface area contributed by atoms with Crippen LogP contribution in [0.15, 0.2) is 65.6 Å². The highest BCUT2D eigenvalue weighted by Gasteiger charge is 2.31. The van der Waals surface area contributed by atoms with Crippen molar-refractivity contribution in [2.45, 2.75) is 43.2 Å². The maximum atomic E-state index is 13.3. The Morgan fingerprint density at radius 1 is 0.974 bits per heavy atom. The van der Waals surface area contributed by atoms with Crippen LogP contribution in [0.25, 0.3) is 10.8 Å². The Morgan fingerprint density at radius 3 is 2.34 bits per heavy atom. The number of rotatable bonds is 9. The van der Waals surface area contributed by atoms with Gasteiger partial charge in [0.1, 0.15) is 6.04 Å². The third kappa shape index (κ3) is 6.08. The number of fused-ring (bicyclic) bond motifs is 1. The summed E-state index contributed by atoms with van der Waals surface area (Å²) < 4.78 is 38.8. The van der Waals surface area contributed by atoms with Gasteiger partial charge in [-0.05, 0) is 41.8 Å². The molecule has 9 nitrogen and oxygen atoms in total. The lowest BCUT2D eigenvalue weighted by Gasteiger charge is -2.32. The van der Waals surface area contributed by atoms with Crippen molar-refractivity contribution in [1.82, 2.24) is 14.9 Å². The molecular formula is C28H33N3O6S. The molecule has 38 heavy (non-hydrogen) atoms. The number of hydrogen-bond donors (Lipinski definition) is 2. The van der Waals surface area contributed by atoms with Gasteiger partial charge in [-0.1, -0.05) is 42.5 Å². The van der Waals surface area contributed by atoms with Gasteiger partial charge in [0.05, 0.1) is 19.1 Å². The van der Waals surface area contributed by atoms with Crippen molar-refractivity contribution in [2.75, 3.05) is 27.3 Å². The first-order valence-corrected chi connectivity index (χ1v) is 13.9. The largest absolute Gasteiger partial charge is 0.493 e. The van der Waals surface area contributed by atoms with Crippen LogP contribution in [0.5, 0.6) is 11.5 Å². The highest BCUT2D eigenvalue weighted by Crippen LogP contribution is 2.31. The van der Waals surface area contributed by atoms with E-state index in [1.807, 2.05) is 36.4 Å². The molecule has 1 aliphatic rings. The van der Waals surface area contributed by atoms with Crippen LogP contribution in [-0.2, 0) is 26.0 Å². The molecule has 10 heteroatoms. The second-order valence-corrected chi connectivity index (χ2v) is 11.2. The van der Waals surface area contributed by atoms with Gasteiger partial charge in [-0.2, -0.15) is 4.31 Å². The molecule has 3 aromatic carbocycles. The first-order valence-electron chi connectivity index (χ1n) is 12.5. The van der Waals surface area contributed by atoms with Crippen LogP contribution in [-0.4, -0.2) is 63.9 Å². The fourth-order valence-electron chi connectivity index (χ4n) is 4.81. The van der Waals surface area contributed by atoms with E-state index < -0.39 is 16.1 Å². The van der Waals surface area contributed by atoms with Gasteiger partial charge in [0.25, 0.3) is 0 Å². The lowest BCUT2D eigenvalue weighted by molar-refractivity contribution is -0.128. The van der Waals surface area contributed by atoms with Crippen molar-refractivity contribution in [3.63, 3.8) is 0 Å². The molecule has 0 radical (unpaired) electrons. The number of piperidine rings is 1. The van der Waals surface area contributed by atoms with Crippen LogP contribution in [0.3, 0.4) is 0 Å². The number of methoxy groups -OCH3 is 2. The molecule has 4 rings (SSSR count). The van der Waals surface area contributed by atoms with Crippen LogP contribution in [0.4, 0.5) is 0 Å². The Hall–Kier alpha value is -3.63. The zero-order valence-corrected chi connectivity index (χ0v) is 22.6. The van der Waals surface area contributed by atoms with Gasteiger partial charge in [-0.25, -0.2) is 8.42 Å². The van der Waals surface area contributed by atoms with Gasteiger partial charge in [0, 0.05) is 38.0 Å². The SMILES string of the molecule is COc1cccc(C[C@H](NC(C)=O)C(=O)NC2CCN(S(=O)(=O)c3ccc4ccccc4c3)CC2)c1OC. The monoisotopic (exact) mass is 539 g/mol. The number of benzene rings is 3. The van der Waals surface area contributed by atoms with Crippen LogP contribution >= 0.6 is 0 Å². The summed E-state index contributed by atoms with van der Waals surface area (Å²) in [7, 11) is -0.598. The zero-order chi connectivity index (χ0) is 27.3. The molecule has 1 fully saturated rings. The molecule has 0 bridgehead atoms. The minimum absolute atomic E-state index is 0.209. The summed E-state index contributed by atoms with van der Waals surface area (Å²) in [6.45, 7) is 1.93. The van der Waals surface area contributed by atoms with Crippen LogP contribution in [0, 0.1) is 0 Å². The quantitative estimate of drug-likeness (QED) is 0.432. The third-order valence-electron chi connectivity index (χ3n) is 6.76. The fraction of sp³-hybridized carbons (Fsp3) is 0.357. The molecule has 3 aromatic rings. The molecule has 0 saturated carbocycles. The average molecular weight is 540 g/mol. The molecular weight excluding hydrogens is 506 g/mol. The molecule has 202 valence electrons. The Labute approximate surface area is 223 Å². The zero-order valence-electron chi connectivity index (χ0n) is 21.8. The van der Waals surface area contributed by atoms with Gasteiger partial charge in [0.2, 0.25) is 21.8 Å². The topological polar surface area (TPSA) is 114 Å². The van der Waals surface area contributed by atoms with E-state index in [1.54, 1.807) is 24.3 Å². The minimum atomic E-state index is -3.65. The number of nitrogens with zero attached hydrogens (tertiary/aromatic N) is 1. The molecule has 2 amide bonds. The predicted molar refractivity (Wildman–Crippen MR) is 145 cm³/mol. The Morgan fingerprint density at radius 2 is 1.68 bits per heavy atom. The van der Waals surface area contributed by atoms with E-state index in [0.717, 1.165) is 16.3 Å². The van der Waals surface area contributed by atoms with Crippen molar-refractivity contribution >= 4 is 32.6 Å². The van der Waals surface area contributed by atoms with E-state index in [1.165, 1.54) is 25.4 Å². The lowest BCUT2D eigenvalue weighted by atomic mass is 10.0. The molecule has 0 aromatic heterocycles. The smallest absolute Gasteiger partial charge is 0.243 e. The summed E-state index contributed by atoms with van der Waals surface area (Å²) in [5, 5.41) is 7.57. The van der Waals surface area contributed by atoms with E-state index in [4.69, 9.17) is 9.47 Å².